The summed E-state index contributed by atoms with van der Waals surface area (Å²) in [4.78, 5) is 38.8. The summed E-state index contributed by atoms with van der Waals surface area (Å²) in [6.45, 7) is 8.28. The number of imide groups is 1. The molecule has 2 aliphatic rings. The summed E-state index contributed by atoms with van der Waals surface area (Å²) < 4.78 is 16.7. The highest BCUT2D eigenvalue weighted by Gasteiger charge is 2.46. The number of ether oxygens (including phenoxy) is 3. The van der Waals surface area contributed by atoms with Crippen LogP contribution in [-0.2, 0) is 14.3 Å². The minimum Gasteiger partial charge on any atom is -0.493 e. The van der Waals surface area contributed by atoms with Crippen LogP contribution in [0.5, 0.6) is 11.5 Å². The number of morpholine rings is 1. The number of hydrogen-bond donors (Lipinski definition) is 1. The van der Waals surface area contributed by atoms with Gasteiger partial charge in [0.2, 0.25) is 0 Å². The highest BCUT2D eigenvalue weighted by molar-refractivity contribution is 6.07. The second-order valence-electron chi connectivity index (χ2n) is 8.23. The molecule has 10 heteroatoms. The molecule has 3 atom stereocenters. The van der Waals surface area contributed by atoms with Gasteiger partial charge in [-0.3, -0.25) is 9.59 Å². The first-order valence-corrected chi connectivity index (χ1v) is 10.6. The molecule has 1 N–H and O–H groups in total. The number of benzene rings is 1. The van der Waals surface area contributed by atoms with E-state index in [0.717, 1.165) is 5.01 Å². The highest BCUT2D eigenvalue weighted by atomic mass is 16.5. The summed E-state index contributed by atoms with van der Waals surface area (Å²) in [6.07, 6.45) is 1.82. The Balaban J connectivity index is 1.65. The van der Waals surface area contributed by atoms with Crippen LogP contribution < -0.4 is 14.8 Å². The minimum atomic E-state index is -0.952. The van der Waals surface area contributed by atoms with Crippen molar-refractivity contribution in [1.29, 1.82) is 0 Å². The third-order valence-electron chi connectivity index (χ3n) is 5.58. The van der Waals surface area contributed by atoms with Gasteiger partial charge in [-0.2, -0.15) is 5.10 Å². The zero-order chi connectivity index (χ0) is 23.5. The Labute approximate surface area is 187 Å². The number of urea groups is 1. The predicted octanol–water partition coefficient (Wildman–Crippen LogP) is 1.76. The SMILES string of the molecule is CC[C@]1(C)NC(=O)N(/N=C\c2ccc(OCC(=O)N3C[C@@H](C)O[C@@H](C)C3)c(OC)c2)C1=O. The number of hydrogen-bond acceptors (Lipinski definition) is 7. The normalized spacial score (nSPS) is 25.9. The van der Waals surface area contributed by atoms with Gasteiger partial charge in [0.15, 0.2) is 18.1 Å². The van der Waals surface area contributed by atoms with E-state index in [0.29, 0.717) is 36.6 Å². The van der Waals surface area contributed by atoms with Crippen LogP contribution in [0, 0.1) is 0 Å². The fraction of sp³-hybridized carbons (Fsp3) is 0.545. The molecule has 0 aliphatic carbocycles. The topological polar surface area (TPSA) is 110 Å². The van der Waals surface area contributed by atoms with E-state index < -0.39 is 17.5 Å². The largest absolute Gasteiger partial charge is 0.493 e. The van der Waals surface area contributed by atoms with Gasteiger partial charge in [-0.25, -0.2) is 4.79 Å². The molecule has 0 aromatic heterocycles. The van der Waals surface area contributed by atoms with Crippen molar-refractivity contribution in [2.45, 2.75) is 51.9 Å². The molecule has 32 heavy (non-hydrogen) atoms. The summed E-state index contributed by atoms with van der Waals surface area (Å²) in [7, 11) is 1.49. The first-order valence-electron chi connectivity index (χ1n) is 10.6. The molecular formula is C22H30N4O6. The standard InChI is InChI=1S/C22H30N4O6/c1-6-22(4)20(28)26(21(29)24-22)23-10-16-7-8-17(18(9-16)30-5)31-13-19(27)25-11-14(2)32-15(3)12-25/h7-10,14-15H,6,11-13H2,1-5H3,(H,24,29)/b23-10-/t14-,15+,22-/m0/s1. The maximum atomic E-state index is 12.5. The molecule has 1 aromatic carbocycles. The van der Waals surface area contributed by atoms with Crippen molar-refractivity contribution in [3.8, 4) is 11.5 Å². The number of rotatable bonds is 7. The quantitative estimate of drug-likeness (QED) is 0.505. The van der Waals surface area contributed by atoms with Gasteiger partial charge in [-0.05, 0) is 51.0 Å². The molecule has 2 heterocycles. The molecule has 10 nitrogen and oxygen atoms in total. The fourth-order valence-corrected chi connectivity index (χ4v) is 3.63. The van der Waals surface area contributed by atoms with Crippen molar-refractivity contribution in [2.24, 2.45) is 5.10 Å². The molecule has 1 aromatic rings. The number of methoxy groups -OCH3 is 1. The zero-order valence-electron chi connectivity index (χ0n) is 19.1. The number of nitrogens with zero attached hydrogens (tertiary/aromatic N) is 3. The number of amides is 4. The van der Waals surface area contributed by atoms with E-state index in [1.807, 2.05) is 20.8 Å². The smallest absolute Gasteiger partial charge is 0.346 e. The Morgan fingerprint density at radius 2 is 1.97 bits per heavy atom. The van der Waals surface area contributed by atoms with Crippen molar-refractivity contribution in [1.82, 2.24) is 15.2 Å². The number of carbonyl (C=O) groups excluding carboxylic acids is 3. The van der Waals surface area contributed by atoms with Gasteiger partial charge in [0.1, 0.15) is 5.54 Å². The van der Waals surface area contributed by atoms with Crippen LogP contribution in [0.2, 0.25) is 0 Å². The van der Waals surface area contributed by atoms with E-state index in [-0.39, 0.29) is 24.7 Å². The lowest BCUT2D eigenvalue weighted by Gasteiger charge is -2.35. The van der Waals surface area contributed by atoms with Crippen LogP contribution in [0.25, 0.3) is 0 Å². The lowest BCUT2D eigenvalue weighted by molar-refractivity contribution is -0.145. The Hall–Kier alpha value is -3.14. The first-order chi connectivity index (χ1) is 15.2. The zero-order valence-corrected chi connectivity index (χ0v) is 19.1. The molecule has 0 radical (unpaired) electrons. The fourth-order valence-electron chi connectivity index (χ4n) is 3.63. The summed E-state index contributed by atoms with van der Waals surface area (Å²) in [5, 5.41) is 7.50. The molecule has 0 bridgehead atoms. The molecule has 2 saturated heterocycles. The third kappa shape index (κ3) is 5.01. The van der Waals surface area contributed by atoms with E-state index >= 15 is 0 Å². The lowest BCUT2D eigenvalue weighted by atomic mass is 10.00. The van der Waals surface area contributed by atoms with Crippen LogP contribution in [-0.4, -0.2) is 78.5 Å². The van der Waals surface area contributed by atoms with E-state index in [4.69, 9.17) is 14.2 Å². The second kappa shape index (κ2) is 9.56. The first kappa shape index (κ1) is 23.5. The average Bonchev–Trinajstić information content (AvgIpc) is 2.98. The Kier molecular flexibility index (Phi) is 7.02. The third-order valence-corrected chi connectivity index (χ3v) is 5.58. The van der Waals surface area contributed by atoms with Crippen molar-refractivity contribution < 1.29 is 28.6 Å². The van der Waals surface area contributed by atoms with Gasteiger partial charge in [0, 0.05) is 13.1 Å². The van der Waals surface area contributed by atoms with E-state index in [9.17, 15) is 14.4 Å². The average molecular weight is 447 g/mol. The number of carbonyl (C=O) groups is 3. The summed E-state index contributed by atoms with van der Waals surface area (Å²) >= 11 is 0. The van der Waals surface area contributed by atoms with Crippen LogP contribution in [0.15, 0.2) is 23.3 Å². The second-order valence-corrected chi connectivity index (χ2v) is 8.23. The Morgan fingerprint density at radius 3 is 2.56 bits per heavy atom. The summed E-state index contributed by atoms with van der Waals surface area (Å²) in [5.74, 6) is 0.276. The van der Waals surface area contributed by atoms with E-state index in [1.54, 1.807) is 30.0 Å². The monoisotopic (exact) mass is 446 g/mol. The van der Waals surface area contributed by atoms with E-state index in [2.05, 4.69) is 10.4 Å². The summed E-state index contributed by atoms with van der Waals surface area (Å²) in [6, 6.07) is 4.44. The van der Waals surface area contributed by atoms with Gasteiger partial charge < -0.3 is 24.4 Å². The van der Waals surface area contributed by atoms with Gasteiger partial charge in [0.05, 0.1) is 25.5 Å². The van der Waals surface area contributed by atoms with Crippen LogP contribution >= 0.6 is 0 Å². The van der Waals surface area contributed by atoms with Crippen LogP contribution in [0.1, 0.15) is 39.7 Å². The Bertz CT molecular complexity index is 910. The van der Waals surface area contributed by atoms with Crippen LogP contribution in [0.3, 0.4) is 0 Å². The number of hydrazone groups is 1. The lowest BCUT2D eigenvalue weighted by Crippen LogP contribution is -2.49. The van der Waals surface area contributed by atoms with Gasteiger partial charge in [-0.1, -0.05) is 6.92 Å². The van der Waals surface area contributed by atoms with Gasteiger partial charge in [-0.15, -0.1) is 5.01 Å². The van der Waals surface area contributed by atoms with Crippen molar-refractivity contribution in [3.63, 3.8) is 0 Å². The van der Waals surface area contributed by atoms with Crippen molar-refractivity contribution in [3.05, 3.63) is 23.8 Å². The molecule has 0 saturated carbocycles. The van der Waals surface area contributed by atoms with E-state index in [1.165, 1.54) is 13.3 Å². The maximum absolute atomic E-state index is 12.5. The van der Waals surface area contributed by atoms with Crippen molar-refractivity contribution >= 4 is 24.1 Å². The molecular weight excluding hydrogens is 416 g/mol. The van der Waals surface area contributed by atoms with Gasteiger partial charge >= 0.3 is 6.03 Å². The maximum Gasteiger partial charge on any atom is 0.346 e. The highest BCUT2D eigenvalue weighted by Crippen LogP contribution is 2.28. The van der Waals surface area contributed by atoms with Gasteiger partial charge in [0.25, 0.3) is 11.8 Å². The molecule has 2 aliphatic heterocycles. The molecule has 2 fully saturated rings. The molecule has 0 spiro atoms. The van der Waals surface area contributed by atoms with Crippen molar-refractivity contribution in [2.75, 3.05) is 26.8 Å². The predicted molar refractivity (Wildman–Crippen MR) is 117 cm³/mol. The summed E-state index contributed by atoms with van der Waals surface area (Å²) in [5.41, 5.74) is -0.353. The van der Waals surface area contributed by atoms with Crippen LogP contribution in [0.4, 0.5) is 4.79 Å². The number of nitrogens with one attached hydrogen (secondary N) is 1. The molecule has 4 amide bonds. The molecule has 174 valence electrons. The Morgan fingerprint density at radius 1 is 1.28 bits per heavy atom. The minimum absolute atomic E-state index is 0.0180. The molecule has 3 rings (SSSR count). The molecule has 0 unspecified atom stereocenters.